The molecular weight excluding hydrogens is 156 g/mol. The summed E-state index contributed by atoms with van der Waals surface area (Å²) in [4.78, 5) is 5.24. The predicted molar refractivity (Wildman–Crippen MR) is 48.7 cm³/mol. The molecule has 0 fully saturated rings. The van der Waals surface area contributed by atoms with Crippen LogP contribution in [0.1, 0.15) is 13.8 Å². The third-order valence-corrected chi connectivity index (χ3v) is 2.23. The first-order valence-corrected chi connectivity index (χ1v) is 4.42. The van der Waals surface area contributed by atoms with Crippen molar-refractivity contribution in [3.63, 3.8) is 0 Å². The van der Waals surface area contributed by atoms with Gasteiger partial charge in [-0.2, -0.15) is 5.26 Å². The van der Waals surface area contributed by atoms with Crippen LogP contribution in [0.25, 0.3) is 0 Å². The summed E-state index contributed by atoms with van der Waals surface area (Å²) < 4.78 is 0. The van der Waals surface area contributed by atoms with Gasteiger partial charge in [0.1, 0.15) is 11.8 Å². The lowest BCUT2D eigenvalue weighted by Gasteiger charge is -2.02. The van der Waals surface area contributed by atoms with Crippen LogP contribution in [0.2, 0.25) is 0 Å². The number of nitriles is 1. The summed E-state index contributed by atoms with van der Waals surface area (Å²) in [6.45, 7) is 4.97. The maximum atomic E-state index is 8.48. The minimum Gasteiger partial charge on any atom is -0.269 e. The Kier molecular flexibility index (Phi) is 2.72. The van der Waals surface area contributed by atoms with E-state index in [2.05, 4.69) is 18.8 Å². The second-order valence-corrected chi connectivity index (χ2v) is 4.29. The maximum Gasteiger partial charge on any atom is 0.136 e. The number of hydrogen-bond acceptors (Lipinski definition) is 3. The molecule has 1 aliphatic heterocycles. The highest BCUT2D eigenvalue weighted by Crippen LogP contribution is 2.24. The smallest absolute Gasteiger partial charge is 0.136 e. The fourth-order valence-corrected chi connectivity index (χ4v) is 1.77. The van der Waals surface area contributed by atoms with Gasteiger partial charge in [-0.15, -0.1) is 11.8 Å². The number of thioether (sulfide) groups is 1. The predicted octanol–water partition coefficient (Wildman–Crippen LogP) is 1.99. The Morgan fingerprint density at radius 3 is 2.91 bits per heavy atom. The van der Waals surface area contributed by atoms with Gasteiger partial charge in [0.25, 0.3) is 0 Å². The van der Waals surface area contributed by atoms with Crippen molar-refractivity contribution in [1.29, 1.82) is 5.26 Å². The van der Waals surface area contributed by atoms with E-state index in [4.69, 9.17) is 5.26 Å². The summed E-state index contributed by atoms with van der Waals surface area (Å²) in [6.07, 6.45) is 1.87. The number of allylic oxidation sites excluding steroid dienone is 1. The number of rotatable bonds is 2. The standard InChI is InChI=1S/C8H10N2S/c1-6(2)11-8-3-7(4-9)10-5-8/h3,6H,5H2,1-2H3. The monoisotopic (exact) mass is 166 g/mol. The molecule has 0 saturated carbocycles. The quantitative estimate of drug-likeness (QED) is 0.629. The van der Waals surface area contributed by atoms with Gasteiger partial charge in [0.15, 0.2) is 0 Å². The van der Waals surface area contributed by atoms with Gasteiger partial charge in [0.2, 0.25) is 0 Å². The summed E-state index contributed by atoms with van der Waals surface area (Å²) in [7, 11) is 0. The van der Waals surface area contributed by atoms with Crippen LogP contribution in [0.15, 0.2) is 16.0 Å². The molecule has 0 aromatic rings. The number of nitrogens with zero attached hydrogens (tertiary/aromatic N) is 2. The van der Waals surface area contributed by atoms with E-state index in [0.29, 0.717) is 17.5 Å². The van der Waals surface area contributed by atoms with Gasteiger partial charge in [-0.3, -0.25) is 4.99 Å². The average molecular weight is 166 g/mol. The maximum absolute atomic E-state index is 8.48. The minimum absolute atomic E-state index is 0.563. The summed E-state index contributed by atoms with van der Waals surface area (Å²) in [6, 6.07) is 2.03. The highest BCUT2D eigenvalue weighted by atomic mass is 32.2. The van der Waals surface area contributed by atoms with E-state index in [1.54, 1.807) is 11.8 Å². The molecule has 1 rings (SSSR count). The molecule has 0 aromatic heterocycles. The van der Waals surface area contributed by atoms with Crippen LogP contribution in [0, 0.1) is 11.3 Å². The first-order chi connectivity index (χ1) is 5.22. The van der Waals surface area contributed by atoms with E-state index in [-0.39, 0.29) is 0 Å². The van der Waals surface area contributed by atoms with Gasteiger partial charge in [-0.25, -0.2) is 0 Å². The average Bonchev–Trinajstić information content (AvgIpc) is 2.34. The van der Waals surface area contributed by atoms with Crippen molar-refractivity contribution in [2.75, 3.05) is 6.54 Å². The summed E-state index contributed by atoms with van der Waals surface area (Å²) >= 11 is 1.78. The first kappa shape index (κ1) is 8.35. The third kappa shape index (κ3) is 2.39. The Labute approximate surface area is 71.0 Å². The molecule has 2 nitrogen and oxygen atoms in total. The van der Waals surface area contributed by atoms with Crippen molar-refractivity contribution < 1.29 is 0 Å². The van der Waals surface area contributed by atoms with Crippen LogP contribution in [-0.4, -0.2) is 17.5 Å². The Balaban J connectivity index is 2.50. The van der Waals surface area contributed by atoms with Crippen LogP contribution in [-0.2, 0) is 0 Å². The largest absolute Gasteiger partial charge is 0.269 e. The number of aliphatic imine (C=N–C) groups is 1. The zero-order chi connectivity index (χ0) is 8.27. The second-order valence-electron chi connectivity index (χ2n) is 2.59. The van der Waals surface area contributed by atoms with E-state index in [1.165, 1.54) is 4.91 Å². The summed E-state index contributed by atoms with van der Waals surface area (Å²) in [5, 5.41) is 9.06. The van der Waals surface area contributed by atoms with Crippen molar-refractivity contribution in [3.8, 4) is 6.07 Å². The molecular formula is C8H10N2S. The van der Waals surface area contributed by atoms with Crippen LogP contribution in [0.3, 0.4) is 0 Å². The molecule has 0 aromatic carbocycles. The van der Waals surface area contributed by atoms with Gasteiger partial charge in [0.05, 0.1) is 6.54 Å². The zero-order valence-corrected chi connectivity index (χ0v) is 7.48. The molecule has 0 bridgehead atoms. The van der Waals surface area contributed by atoms with E-state index >= 15 is 0 Å². The summed E-state index contributed by atoms with van der Waals surface area (Å²) in [5.41, 5.74) is 0.563. The molecule has 0 spiro atoms. The van der Waals surface area contributed by atoms with Crippen molar-refractivity contribution in [1.82, 2.24) is 0 Å². The topological polar surface area (TPSA) is 36.1 Å². The Morgan fingerprint density at radius 2 is 2.45 bits per heavy atom. The van der Waals surface area contributed by atoms with Gasteiger partial charge in [0, 0.05) is 10.2 Å². The van der Waals surface area contributed by atoms with Gasteiger partial charge >= 0.3 is 0 Å². The minimum atomic E-state index is 0.563. The zero-order valence-electron chi connectivity index (χ0n) is 6.66. The molecule has 58 valence electrons. The Bertz CT molecular complexity index is 245. The molecule has 0 unspecified atom stereocenters. The van der Waals surface area contributed by atoms with E-state index in [9.17, 15) is 0 Å². The number of hydrogen-bond donors (Lipinski definition) is 0. The SMILES string of the molecule is CC(C)SC1=CC(C#N)=NC1. The van der Waals surface area contributed by atoms with E-state index in [0.717, 1.165) is 0 Å². The molecule has 3 heteroatoms. The van der Waals surface area contributed by atoms with Crippen LogP contribution >= 0.6 is 11.8 Å². The lowest BCUT2D eigenvalue weighted by Crippen LogP contribution is -1.88. The van der Waals surface area contributed by atoms with Gasteiger partial charge < -0.3 is 0 Å². The highest BCUT2D eigenvalue weighted by molar-refractivity contribution is 8.03. The molecule has 1 aliphatic rings. The highest BCUT2D eigenvalue weighted by Gasteiger charge is 2.08. The molecule has 0 radical (unpaired) electrons. The lowest BCUT2D eigenvalue weighted by molar-refractivity contribution is 1.11. The molecule has 1 heterocycles. The van der Waals surface area contributed by atoms with E-state index in [1.807, 2.05) is 12.1 Å². The van der Waals surface area contributed by atoms with Crippen LogP contribution in [0.5, 0.6) is 0 Å². The van der Waals surface area contributed by atoms with Crippen molar-refractivity contribution in [2.45, 2.75) is 19.1 Å². The molecule has 0 atom stereocenters. The Hall–Kier alpha value is -0.750. The fourth-order valence-electron chi connectivity index (χ4n) is 0.849. The van der Waals surface area contributed by atoms with Crippen molar-refractivity contribution in [2.24, 2.45) is 4.99 Å². The summed E-state index contributed by atoms with van der Waals surface area (Å²) in [5.74, 6) is 0. The normalized spacial score (nSPS) is 16.2. The third-order valence-electron chi connectivity index (χ3n) is 1.20. The Morgan fingerprint density at radius 1 is 1.73 bits per heavy atom. The van der Waals surface area contributed by atoms with Gasteiger partial charge in [-0.1, -0.05) is 13.8 Å². The van der Waals surface area contributed by atoms with E-state index < -0.39 is 0 Å². The fraction of sp³-hybridized carbons (Fsp3) is 0.500. The molecule has 0 saturated heterocycles. The molecule has 0 N–H and O–H groups in total. The lowest BCUT2D eigenvalue weighted by atomic mass is 10.4. The van der Waals surface area contributed by atoms with Crippen molar-refractivity contribution in [3.05, 3.63) is 11.0 Å². The molecule has 0 amide bonds. The van der Waals surface area contributed by atoms with Crippen molar-refractivity contribution >= 4 is 17.5 Å². The second kappa shape index (κ2) is 3.59. The molecule has 11 heavy (non-hydrogen) atoms. The van der Waals surface area contributed by atoms with Crippen LogP contribution < -0.4 is 0 Å². The van der Waals surface area contributed by atoms with Gasteiger partial charge in [-0.05, 0) is 6.08 Å². The molecule has 0 aliphatic carbocycles. The van der Waals surface area contributed by atoms with Crippen LogP contribution in [0.4, 0.5) is 0 Å². The first-order valence-electron chi connectivity index (χ1n) is 3.54.